The Morgan fingerprint density at radius 1 is 1.03 bits per heavy atom. The lowest BCUT2D eigenvalue weighted by molar-refractivity contribution is -0.172. The van der Waals surface area contributed by atoms with E-state index < -0.39 is 48.2 Å². The van der Waals surface area contributed by atoms with Crippen molar-refractivity contribution in [3.8, 4) is 22.5 Å². The molecule has 6 N–H and O–H groups in total. The minimum absolute atomic E-state index is 0.0143. The second-order valence-electron chi connectivity index (χ2n) is 22.4. The summed E-state index contributed by atoms with van der Waals surface area (Å²) in [7, 11) is -6.35. The molecular formula is C55H67ClN8O13S2. The van der Waals surface area contributed by atoms with Gasteiger partial charge in [0.2, 0.25) is 31.8 Å². The molecule has 5 fully saturated rings. The number of hydrogen-bond acceptors (Lipinski definition) is 16. The molecule has 3 aromatic carbocycles. The third-order valence-electron chi connectivity index (χ3n) is 17.8. The number of sulfonamides is 2. The van der Waals surface area contributed by atoms with Crippen molar-refractivity contribution in [3.63, 3.8) is 0 Å². The van der Waals surface area contributed by atoms with Gasteiger partial charge < -0.3 is 29.5 Å². The van der Waals surface area contributed by atoms with Crippen LogP contribution in [0.3, 0.4) is 0 Å². The molecule has 11 rings (SSSR count). The average molecular weight is 1150 g/mol. The van der Waals surface area contributed by atoms with Crippen molar-refractivity contribution < 1.29 is 60.1 Å². The predicted molar refractivity (Wildman–Crippen MR) is 288 cm³/mol. The number of epoxide rings is 1. The van der Waals surface area contributed by atoms with E-state index in [1.54, 1.807) is 6.08 Å². The van der Waals surface area contributed by atoms with Crippen LogP contribution in [0, 0.1) is 34.5 Å². The average Bonchev–Trinajstić information content (AvgIpc) is 3.66. The lowest BCUT2D eigenvalue weighted by atomic mass is 9.43. The number of fused-ring (bicyclic) bond motifs is 5. The number of carboxylic acids is 1. The number of hydrogen-bond donors (Lipinski definition) is 5. The quantitative estimate of drug-likeness (QED) is 0.0709. The first kappa shape index (κ1) is 57.6. The third-order valence-corrected chi connectivity index (χ3v) is 20.6. The molecule has 424 valence electrons. The number of unbranched alkanes of at least 4 members (excludes halogenated alkanes) is 1. The van der Waals surface area contributed by atoms with Crippen LogP contribution >= 0.6 is 11.6 Å². The van der Waals surface area contributed by atoms with Crippen molar-refractivity contribution in [1.82, 2.24) is 30.2 Å². The largest absolute Gasteiger partial charge is 0.480 e. The molecule has 21 nitrogen and oxygen atoms in total. The molecule has 24 heteroatoms. The zero-order chi connectivity index (χ0) is 57.0. The summed E-state index contributed by atoms with van der Waals surface area (Å²) in [5, 5.41) is 31.6. The van der Waals surface area contributed by atoms with E-state index in [0.717, 1.165) is 78.8 Å². The van der Waals surface area contributed by atoms with Crippen molar-refractivity contribution >= 4 is 66.9 Å². The molecule has 0 bridgehead atoms. The molecule has 79 heavy (non-hydrogen) atoms. The number of halogens is 1. The SMILES string of the molecule is CCCCC(=O)N(Cc1ccc(-c2ccccc2-c2nn[nH]n2)cc1)[C@H](C(=O)O)C(C)C.COC(=O)[C@@H]1CC2=CC(=O)CC[C@]2(C)[C@@]23O[C@@H]2C[C@@]2(C)[C@@H](CC[C@@]24CCC(=O)O4)[C@H]13.NS(=O)(=O)c1cc2c(cc1Cl)NCNS2(=O)=O. The van der Waals surface area contributed by atoms with Crippen molar-refractivity contribution in [2.75, 3.05) is 19.1 Å². The molecule has 2 spiro atoms. The maximum atomic E-state index is 13.0. The van der Waals surface area contributed by atoms with Gasteiger partial charge in [-0.05, 0) is 96.9 Å². The summed E-state index contributed by atoms with van der Waals surface area (Å²) >= 11 is 5.72. The zero-order valence-corrected chi connectivity index (χ0v) is 47.3. The Kier molecular flexibility index (Phi) is 15.8. The fraction of sp³-hybridized carbons (Fsp3) is 0.527. The lowest BCUT2D eigenvalue weighted by Crippen LogP contribution is -2.63. The molecule has 4 aliphatic carbocycles. The molecule has 4 heterocycles. The van der Waals surface area contributed by atoms with Gasteiger partial charge in [-0.15, -0.1) is 10.2 Å². The van der Waals surface area contributed by atoms with E-state index in [4.69, 9.17) is 31.0 Å². The Balaban J connectivity index is 0.000000150. The summed E-state index contributed by atoms with van der Waals surface area (Å²) in [5.41, 5.74) is 3.73. The number of nitrogens with zero attached hydrogens (tertiary/aromatic N) is 4. The van der Waals surface area contributed by atoms with Crippen LogP contribution in [0.25, 0.3) is 22.5 Å². The number of ether oxygens (including phenoxy) is 3. The van der Waals surface area contributed by atoms with Crippen LogP contribution in [0.2, 0.25) is 5.02 Å². The van der Waals surface area contributed by atoms with Gasteiger partial charge in [-0.25, -0.2) is 26.8 Å². The van der Waals surface area contributed by atoms with E-state index in [-0.39, 0.29) is 93.1 Å². The van der Waals surface area contributed by atoms with Crippen LogP contribution in [0.15, 0.2) is 82.1 Å². The van der Waals surface area contributed by atoms with E-state index >= 15 is 0 Å². The normalized spacial score (nSPS) is 29.0. The number of methoxy groups -OCH3 is 1. The fourth-order valence-corrected chi connectivity index (χ4v) is 16.2. The first-order valence-electron chi connectivity index (χ1n) is 26.6. The summed E-state index contributed by atoms with van der Waals surface area (Å²) in [5.74, 6) is -0.985. The number of anilines is 1. The van der Waals surface area contributed by atoms with Crippen molar-refractivity contribution in [2.45, 2.75) is 145 Å². The number of primary sulfonamides is 1. The molecule has 7 aliphatic rings. The van der Waals surface area contributed by atoms with Gasteiger partial charge >= 0.3 is 17.9 Å². The first-order valence-corrected chi connectivity index (χ1v) is 30.0. The van der Waals surface area contributed by atoms with E-state index in [1.807, 2.05) is 69.3 Å². The maximum absolute atomic E-state index is 13.0. The highest BCUT2D eigenvalue weighted by Crippen LogP contribution is 2.78. The molecule has 1 amide bonds. The van der Waals surface area contributed by atoms with Crippen LogP contribution in [0.4, 0.5) is 5.69 Å². The fourth-order valence-electron chi connectivity index (χ4n) is 13.9. The molecular weight excluding hydrogens is 1080 g/mol. The second kappa shape index (κ2) is 21.7. The molecule has 0 unspecified atom stereocenters. The molecule has 2 saturated heterocycles. The number of aromatic amines is 1. The highest BCUT2D eigenvalue weighted by atomic mass is 35.5. The Labute approximate surface area is 464 Å². The van der Waals surface area contributed by atoms with Gasteiger partial charge in [0.05, 0.1) is 36.5 Å². The van der Waals surface area contributed by atoms with Crippen molar-refractivity contribution in [2.24, 2.45) is 39.6 Å². The Morgan fingerprint density at radius 2 is 1.75 bits per heavy atom. The number of H-pyrrole nitrogens is 1. The van der Waals surface area contributed by atoms with Crippen molar-refractivity contribution in [1.29, 1.82) is 0 Å². The summed E-state index contributed by atoms with van der Waals surface area (Å²) in [6, 6.07) is 16.9. The maximum Gasteiger partial charge on any atom is 0.326 e. The minimum Gasteiger partial charge on any atom is -0.480 e. The van der Waals surface area contributed by atoms with Crippen LogP contribution in [0.5, 0.6) is 0 Å². The van der Waals surface area contributed by atoms with Crippen molar-refractivity contribution in [3.05, 3.63) is 82.9 Å². The summed E-state index contributed by atoms with van der Waals surface area (Å²) < 4.78 is 65.8. The number of ketones is 1. The Hall–Kier alpha value is -6.11. The number of aliphatic carboxylic acids is 1. The molecule has 3 saturated carbocycles. The van der Waals surface area contributed by atoms with Gasteiger partial charge in [-0.1, -0.05) is 107 Å². The highest BCUT2D eigenvalue weighted by molar-refractivity contribution is 7.90. The van der Waals surface area contributed by atoms with Gasteiger partial charge in [0.25, 0.3) is 0 Å². The summed E-state index contributed by atoms with van der Waals surface area (Å²) in [4.78, 5) is 63.0. The number of carbonyl (C=O) groups excluding carboxylic acids is 4. The van der Waals surface area contributed by atoms with Gasteiger partial charge in [0.15, 0.2) is 5.78 Å². The highest BCUT2D eigenvalue weighted by Gasteiger charge is 2.83. The first-order chi connectivity index (χ1) is 37.3. The smallest absolute Gasteiger partial charge is 0.326 e. The number of rotatable bonds is 12. The topological polar surface area (TPSA) is 313 Å². The number of benzene rings is 3. The Morgan fingerprint density at radius 3 is 2.37 bits per heavy atom. The molecule has 3 aliphatic heterocycles. The number of amides is 1. The number of esters is 2. The minimum atomic E-state index is -4.07. The van der Waals surface area contributed by atoms with E-state index in [2.05, 4.69) is 44.5 Å². The van der Waals surface area contributed by atoms with Crippen LogP contribution in [0.1, 0.15) is 111 Å². The van der Waals surface area contributed by atoms with Crippen LogP contribution in [-0.4, -0.2) is 114 Å². The second-order valence-corrected chi connectivity index (χ2v) is 26.1. The van der Waals surface area contributed by atoms with Gasteiger partial charge in [-0.3, -0.25) is 19.2 Å². The number of aromatic nitrogens is 4. The molecule has 1 aromatic heterocycles. The van der Waals surface area contributed by atoms with Crippen LogP contribution in [-0.2, 0) is 64.8 Å². The van der Waals surface area contributed by atoms with Gasteiger partial charge in [0.1, 0.15) is 27.0 Å². The lowest BCUT2D eigenvalue weighted by Gasteiger charge is -2.58. The number of carbonyl (C=O) groups is 5. The van der Waals surface area contributed by atoms with E-state index in [1.165, 1.54) is 18.1 Å². The summed E-state index contributed by atoms with van der Waals surface area (Å²) in [6.45, 7) is 10.5. The number of nitrogens with two attached hydrogens (primary N) is 1. The summed E-state index contributed by atoms with van der Waals surface area (Å²) in [6.07, 6.45) is 9.59. The van der Waals surface area contributed by atoms with E-state index in [0.29, 0.717) is 31.5 Å². The standard InChI is InChI=1S/C24H29N5O3.C24H30O6.C7H8ClN3O4S2/c1-4-5-10-21(30)29(22(16(2)3)24(31)32)15-17-11-13-18(14-12-17)19-8-6-7-9-20(19)23-25-27-28-26-23;1-21-7-4-14(25)10-13(21)11-15(20(27)28-3)19-16-5-8-23(9-6-18(26)30-23)22(16,2)12-17-24(19,21)29-17;8-4-1-5-7(2-6(4)16(9,12)13)17(14,15)11-3-10-5/h6-9,11-14,16,22H,4-5,10,15H2,1-3H3,(H,31,32)(H,25,26,27,28);10,15-17,19H,4-9,11-12H2,1-3H3;1-2,10-11H,3H2,(H2,9,12,13)/t22-;15-,16+,17-,19+,21+,22+,23-,24-;/m01./s1. The van der Waals surface area contributed by atoms with E-state index in [9.17, 15) is 45.9 Å². The molecule has 4 aromatic rings. The monoisotopic (exact) mass is 1150 g/mol. The van der Waals surface area contributed by atoms with Crippen LogP contribution < -0.4 is 15.2 Å². The van der Waals surface area contributed by atoms with Gasteiger partial charge in [0, 0.05) is 48.1 Å². The third kappa shape index (κ3) is 10.4. The molecule has 0 radical (unpaired) electrons. The number of carboxylic acid groups (broad SMARTS) is 1. The van der Waals surface area contributed by atoms with Gasteiger partial charge in [-0.2, -0.15) is 9.94 Å². The zero-order valence-electron chi connectivity index (χ0n) is 44.9. The Bertz CT molecular complexity index is 3320. The number of tetrazole rings is 1. The molecule has 9 atom stereocenters. The predicted octanol–water partition coefficient (Wildman–Crippen LogP) is 6.93. The number of nitrogens with one attached hydrogen (secondary N) is 3.